The van der Waals surface area contributed by atoms with E-state index in [0.29, 0.717) is 17.0 Å². The van der Waals surface area contributed by atoms with Crippen molar-refractivity contribution >= 4 is 27.6 Å². The molecule has 4 aromatic rings. The molecule has 1 unspecified atom stereocenters. The molecule has 0 bridgehead atoms. The van der Waals surface area contributed by atoms with E-state index >= 15 is 0 Å². The van der Waals surface area contributed by atoms with E-state index in [2.05, 4.69) is 0 Å². The van der Waals surface area contributed by atoms with E-state index in [1.807, 2.05) is 48.5 Å². The number of aliphatic hydroxyl groups excluding tert-OH is 1. The molecule has 120 valence electrons. The van der Waals surface area contributed by atoms with Gasteiger partial charge in [-0.05, 0) is 35.4 Å². The van der Waals surface area contributed by atoms with Crippen molar-refractivity contribution in [3.8, 4) is 5.75 Å². The lowest BCUT2D eigenvalue weighted by atomic mass is 9.99. The van der Waals surface area contributed by atoms with Crippen LogP contribution in [-0.2, 0) is 0 Å². The summed E-state index contributed by atoms with van der Waals surface area (Å²) >= 11 is 0. The van der Waals surface area contributed by atoms with Gasteiger partial charge in [0, 0.05) is 10.8 Å². The molecule has 0 saturated carbocycles. The van der Waals surface area contributed by atoms with Crippen LogP contribution in [0.5, 0.6) is 5.75 Å². The lowest BCUT2D eigenvalue weighted by Crippen LogP contribution is -2.01. The molecular formula is C20H17NO3. The predicted octanol–water partition coefficient (Wildman–Crippen LogP) is 4.26. The molecular weight excluding hydrogens is 302 g/mol. The number of hydrogen-bond acceptors (Lipinski definition) is 4. The van der Waals surface area contributed by atoms with Crippen molar-refractivity contribution in [1.29, 1.82) is 0 Å². The van der Waals surface area contributed by atoms with Gasteiger partial charge < -0.3 is 20.0 Å². The number of furan rings is 1. The highest BCUT2D eigenvalue weighted by molar-refractivity contribution is 6.04. The van der Waals surface area contributed by atoms with E-state index in [-0.39, 0.29) is 0 Å². The average Bonchev–Trinajstić information content (AvgIpc) is 2.98. The lowest BCUT2D eigenvalue weighted by Gasteiger charge is -2.13. The van der Waals surface area contributed by atoms with Crippen LogP contribution in [0, 0.1) is 0 Å². The number of fused-ring (bicyclic) bond motifs is 3. The maximum Gasteiger partial charge on any atom is 0.141 e. The third-order valence-electron chi connectivity index (χ3n) is 4.29. The van der Waals surface area contributed by atoms with Gasteiger partial charge in [-0.1, -0.05) is 36.4 Å². The normalized spacial score (nSPS) is 12.6. The molecule has 3 N–H and O–H groups in total. The monoisotopic (exact) mass is 319 g/mol. The first kappa shape index (κ1) is 14.6. The number of anilines is 1. The second-order valence-electron chi connectivity index (χ2n) is 5.76. The maximum absolute atomic E-state index is 10.7. The van der Waals surface area contributed by atoms with Crippen LogP contribution in [0.15, 0.2) is 65.1 Å². The zero-order valence-corrected chi connectivity index (χ0v) is 13.2. The fourth-order valence-corrected chi connectivity index (χ4v) is 3.03. The van der Waals surface area contributed by atoms with Crippen LogP contribution in [-0.4, -0.2) is 12.2 Å². The zero-order chi connectivity index (χ0) is 16.7. The number of para-hydroxylation sites is 1. The third kappa shape index (κ3) is 2.28. The average molecular weight is 319 g/mol. The maximum atomic E-state index is 10.7. The summed E-state index contributed by atoms with van der Waals surface area (Å²) in [7, 11) is 1.57. The molecule has 0 radical (unpaired) electrons. The largest absolute Gasteiger partial charge is 0.495 e. The summed E-state index contributed by atoms with van der Waals surface area (Å²) in [4.78, 5) is 0. The zero-order valence-electron chi connectivity index (χ0n) is 13.2. The van der Waals surface area contributed by atoms with Gasteiger partial charge >= 0.3 is 0 Å². The fraction of sp³-hybridized carbons (Fsp3) is 0.100. The Morgan fingerprint density at radius 1 is 0.917 bits per heavy atom. The topological polar surface area (TPSA) is 68.6 Å². The van der Waals surface area contributed by atoms with Crippen molar-refractivity contribution < 1.29 is 14.3 Å². The van der Waals surface area contributed by atoms with Gasteiger partial charge in [-0.15, -0.1) is 0 Å². The summed E-state index contributed by atoms with van der Waals surface area (Å²) in [6.45, 7) is 0. The van der Waals surface area contributed by atoms with E-state index in [9.17, 15) is 5.11 Å². The van der Waals surface area contributed by atoms with Crippen molar-refractivity contribution in [2.24, 2.45) is 0 Å². The van der Waals surface area contributed by atoms with Crippen LogP contribution in [0.2, 0.25) is 0 Å². The van der Waals surface area contributed by atoms with Crippen LogP contribution in [0.4, 0.5) is 5.69 Å². The van der Waals surface area contributed by atoms with E-state index in [4.69, 9.17) is 14.9 Å². The predicted molar refractivity (Wildman–Crippen MR) is 95.2 cm³/mol. The van der Waals surface area contributed by atoms with Gasteiger partial charge in [-0.2, -0.15) is 0 Å². The Balaban J connectivity index is 1.78. The molecule has 4 heteroatoms. The summed E-state index contributed by atoms with van der Waals surface area (Å²) in [5, 5.41) is 12.8. The van der Waals surface area contributed by atoms with E-state index in [0.717, 1.165) is 27.5 Å². The fourth-order valence-electron chi connectivity index (χ4n) is 3.03. The number of rotatable bonds is 3. The highest BCUT2D eigenvalue weighted by atomic mass is 16.5. The number of nitrogens with two attached hydrogens (primary N) is 1. The molecule has 24 heavy (non-hydrogen) atoms. The summed E-state index contributed by atoms with van der Waals surface area (Å²) < 4.78 is 11.0. The standard InChI is InChI=1S/C20H17NO3/c1-23-18-9-7-12(10-16(18)21)20(22)13-6-8-15-14-4-2-3-5-17(14)24-19(15)11-13/h2-11,20,22H,21H2,1H3. The molecule has 4 rings (SSSR count). The molecule has 0 aliphatic heterocycles. The number of aliphatic hydroxyl groups is 1. The molecule has 1 atom stereocenters. The first-order chi connectivity index (χ1) is 11.7. The summed E-state index contributed by atoms with van der Waals surface area (Å²) in [6, 6.07) is 19.0. The van der Waals surface area contributed by atoms with Gasteiger partial charge in [0.2, 0.25) is 0 Å². The molecule has 0 saturated heterocycles. The highest BCUT2D eigenvalue weighted by Crippen LogP contribution is 2.33. The van der Waals surface area contributed by atoms with Gasteiger partial charge in [-0.3, -0.25) is 0 Å². The minimum Gasteiger partial charge on any atom is -0.495 e. The highest BCUT2D eigenvalue weighted by Gasteiger charge is 2.15. The molecule has 1 aromatic heterocycles. The molecule has 0 aliphatic rings. The quantitative estimate of drug-likeness (QED) is 0.554. The minimum atomic E-state index is -0.782. The lowest BCUT2D eigenvalue weighted by molar-refractivity contribution is 0.220. The van der Waals surface area contributed by atoms with Gasteiger partial charge in [0.05, 0.1) is 12.8 Å². The van der Waals surface area contributed by atoms with E-state index in [1.165, 1.54) is 0 Å². The Morgan fingerprint density at radius 2 is 1.62 bits per heavy atom. The van der Waals surface area contributed by atoms with E-state index < -0.39 is 6.10 Å². The van der Waals surface area contributed by atoms with Crippen molar-refractivity contribution in [3.63, 3.8) is 0 Å². The smallest absolute Gasteiger partial charge is 0.141 e. The second kappa shape index (κ2) is 5.58. The van der Waals surface area contributed by atoms with Crippen LogP contribution in [0.25, 0.3) is 21.9 Å². The molecule has 4 nitrogen and oxygen atoms in total. The van der Waals surface area contributed by atoms with Crippen LogP contribution < -0.4 is 10.5 Å². The molecule has 3 aromatic carbocycles. The number of nitrogen functional groups attached to an aromatic ring is 1. The first-order valence-electron chi connectivity index (χ1n) is 7.70. The summed E-state index contributed by atoms with van der Waals surface area (Å²) in [5.41, 5.74) is 9.50. The van der Waals surface area contributed by atoms with E-state index in [1.54, 1.807) is 19.2 Å². The van der Waals surface area contributed by atoms with Gasteiger partial charge in [0.15, 0.2) is 0 Å². The Kier molecular flexibility index (Phi) is 3.40. The first-order valence-corrected chi connectivity index (χ1v) is 7.70. The van der Waals surface area contributed by atoms with Crippen molar-refractivity contribution in [1.82, 2.24) is 0 Å². The molecule has 0 fully saturated rings. The second-order valence-corrected chi connectivity index (χ2v) is 5.76. The van der Waals surface area contributed by atoms with Crippen molar-refractivity contribution in [3.05, 3.63) is 71.8 Å². The summed E-state index contributed by atoms with van der Waals surface area (Å²) in [6.07, 6.45) is -0.782. The van der Waals surface area contributed by atoms with Gasteiger partial charge in [-0.25, -0.2) is 0 Å². The molecule has 0 amide bonds. The Bertz CT molecular complexity index is 1040. The number of benzene rings is 3. The number of methoxy groups -OCH3 is 1. The third-order valence-corrected chi connectivity index (χ3v) is 4.29. The molecule has 1 heterocycles. The Labute approximate surface area is 139 Å². The number of ether oxygens (including phenoxy) is 1. The molecule has 0 spiro atoms. The van der Waals surface area contributed by atoms with Crippen molar-refractivity contribution in [2.75, 3.05) is 12.8 Å². The van der Waals surface area contributed by atoms with Crippen LogP contribution in [0.1, 0.15) is 17.2 Å². The SMILES string of the molecule is COc1ccc(C(O)c2ccc3c(c2)oc2ccccc23)cc1N. The van der Waals surface area contributed by atoms with Gasteiger partial charge in [0.25, 0.3) is 0 Å². The Morgan fingerprint density at radius 3 is 2.42 bits per heavy atom. The Hall–Kier alpha value is -2.98. The van der Waals surface area contributed by atoms with Crippen LogP contribution >= 0.6 is 0 Å². The van der Waals surface area contributed by atoms with Crippen LogP contribution in [0.3, 0.4) is 0 Å². The minimum absolute atomic E-state index is 0.499. The number of hydrogen-bond donors (Lipinski definition) is 2. The summed E-state index contributed by atoms with van der Waals surface area (Å²) in [5.74, 6) is 0.596. The van der Waals surface area contributed by atoms with Crippen molar-refractivity contribution in [2.45, 2.75) is 6.10 Å². The molecule has 0 aliphatic carbocycles. The van der Waals surface area contributed by atoms with Gasteiger partial charge in [0.1, 0.15) is 23.0 Å².